The zero-order chi connectivity index (χ0) is 10.6. The Morgan fingerprint density at radius 1 is 1.43 bits per heavy atom. The molecule has 1 rings (SSSR count). The molecule has 0 aliphatic heterocycles. The lowest BCUT2D eigenvalue weighted by molar-refractivity contribution is 0.0591. The maximum atomic E-state index is 9.81. The van der Waals surface area contributed by atoms with Crippen molar-refractivity contribution in [3.8, 4) is 0 Å². The molecule has 0 aromatic heterocycles. The monoisotopic (exact) mass is 196 g/mol. The summed E-state index contributed by atoms with van der Waals surface area (Å²) in [6.45, 7) is 6.28. The first-order valence-electron chi connectivity index (χ1n) is 5.94. The zero-order valence-corrected chi connectivity index (χ0v) is 9.79. The Bertz CT molecular complexity index is 193. The fourth-order valence-electron chi connectivity index (χ4n) is 2.10. The average Bonchev–Trinajstić information content (AvgIpc) is 2.52. The van der Waals surface area contributed by atoms with E-state index in [1.54, 1.807) is 0 Å². The molecule has 0 saturated heterocycles. The van der Waals surface area contributed by atoms with Gasteiger partial charge in [0, 0.05) is 0 Å². The van der Waals surface area contributed by atoms with Crippen molar-refractivity contribution in [1.82, 2.24) is 0 Å². The molecule has 1 N–H and O–H groups in total. The van der Waals surface area contributed by atoms with Crippen molar-refractivity contribution >= 4 is 0 Å². The second-order valence-electron chi connectivity index (χ2n) is 5.05. The molecule has 1 nitrogen and oxygen atoms in total. The minimum absolute atomic E-state index is 0.502. The molecule has 14 heavy (non-hydrogen) atoms. The third-order valence-electron chi connectivity index (χ3n) is 3.63. The summed E-state index contributed by atoms with van der Waals surface area (Å²) in [6.07, 6.45) is 10.2. The van der Waals surface area contributed by atoms with E-state index in [4.69, 9.17) is 0 Å². The van der Waals surface area contributed by atoms with Crippen molar-refractivity contribution in [2.75, 3.05) is 0 Å². The van der Waals surface area contributed by atoms with Gasteiger partial charge in [-0.15, -0.1) is 0 Å². The smallest absolute Gasteiger partial charge is 0.0651 e. The van der Waals surface area contributed by atoms with Gasteiger partial charge in [0.25, 0.3) is 0 Å². The highest BCUT2D eigenvalue weighted by Gasteiger charge is 2.21. The fraction of sp³-hybridized carbons (Fsp3) is 0.846. The quantitative estimate of drug-likeness (QED) is 0.682. The van der Waals surface area contributed by atoms with Crippen LogP contribution in [0.3, 0.4) is 0 Å². The van der Waals surface area contributed by atoms with Gasteiger partial charge >= 0.3 is 0 Å². The van der Waals surface area contributed by atoms with E-state index >= 15 is 0 Å². The summed E-state index contributed by atoms with van der Waals surface area (Å²) in [4.78, 5) is 0. The minimum atomic E-state index is -0.502. The van der Waals surface area contributed by atoms with Crippen LogP contribution in [0.25, 0.3) is 0 Å². The zero-order valence-electron chi connectivity index (χ0n) is 9.79. The molecule has 0 radical (unpaired) electrons. The molecule has 3 atom stereocenters. The molecule has 1 heteroatoms. The largest absolute Gasteiger partial charge is 0.390 e. The summed E-state index contributed by atoms with van der Waals surface area (Å²) >= 11 is 0. The molecular weight excluding hydrogens is 172 g/mol. The van der Waals surface area contributed by atoms with Crippen LogP contribution in [-0.2, 0) is 0 Å². The van der Waals surface area contributed by atoms with Crippen LogP contribution in [0.2, 0.25) is 0 Å². The summed E-state index contributed by atoms with van der Waals surface area (Å²) in [7, 11) is 0. The van der Waals surface area contributed by atoms with Crippen molar-refractivity contribution in [1.29, 1.82) is 0 Å². The number of aliphatic hydroxyl groups is 1. The number of allylic oxidation sites excluding steroid dienone is 1. The molecule has 0 aromatic carbocycles. The number of hydrogen-bond donors (Lipinski definition) is 1. The van der Waals surface area contributed by atoms with E-state index in [9.17, 15) is 5.11 Å². The van der Waals surface area contributed by atoms with Crippen LogP contribution in [0.15, 0.2) is 12.2 Å². The molecule has 2 unspecified atom stereocenters. The second-order valence-corrected chi connectivity index (χ2v) is 5.05. The normalized spacial score (nSPS) is 32.3. The first-order chi connectivity index (χ1) is 6.55. The summed E-state index contributed by atoms with van der Waals surface area (Å²) in [5.74, 6) is 1.61. The molecule has 82 valence electrons. The third-order valence-corrected chi connectivity index (χ3v) is 3.63. The van der Waals surface area contributed by atoms with Gasteiger partial charge in [0.1, 0.15) is 0 Å². The third kappa shape index (κ3) is 3.45. The lowest BCUT2D eigenvalue weighted by atomic mass is 9.94. The van der Waals surface area contributed by atoms with Gasteiger partial charge in [0.15, 0.2) is 0 Å². The van der Waals surface area contributed by atoms with Crippen LogP contribution in [0.1, 0.15) is 52.9 Å². The molecule has 0 aromatic rings. The SMILES string of the molecule is CCC(C)(O)C/C=C/C1CCC[C@H]1C. The van der Waals surface area contributed by atoms with Gasteiger partial charge in [-0.3, -0.25) is 0 Å². The lowest BCUT2D eigenvalue weighted by Gasteiger charge is -2.19. The molecule has 1 aliphatic carbocycles. The van der Waals surface area contributed by atoms with Gasteiger partial charge in [-0.25, -0.2) is 0 Å². The van der Waals surface area contributed by atoms with Gasteiger partial charge in [0.2, 0.25) is 0 Å². The second kappa shape index (κ2) is 4.97. The van der Waals surface area contributed by atoms with Crippen molar-refractivity contribution in [3.63, 3.8) is 0 Å². The predicted octanol–water partition coefficient (Wildman–Crippen LogP) is 3.53. The van der Waals surface area contributed by atoms with E-state index in [2.05, 4.69) is 19.1 Å². The van der Waals surface area contributed by atoms with E-state index in [1.165, 1.54) is 19.3 Å². The highest BCUT2D eigenvalue weighted by molar-refractivity contribution is 4.96. The summed E-state index contributed by atoms with van der Waals surface area (Å²) in [5.41, 5.74) is -0.502. The molecular formula is C13H24O. The fourth-order valence-corrected chi connectivity index (χ4v) is 2.10. The van der Waals surface area contributed by atoms with Crippen molar-refractivity contribution in [2.45, 2.75) is 58.5 Å². The summed E-state index contributed by atoms with van der Waals surface area (Å²) in [5, 5.41) is 9.81. The maximum absolute atomic E-state index is 9.81. The Hall–Kier alpha value is -0.300. The van der Waals surface area contributed by atoms with Crippen molar-refractivity contribution in [2.24, 2.45) is 11.8 Å². The lowest BCUT2D eigenvalue weighted by Crippen LogP contribution is -2.21. The summed E-state index contributed by atoms with van der Waals surface area (Å²) in [6, 6.07) is 0. The molecule has 0 bridgehead atoms. The van der Waals surface area contributed by atoms with Crippen molar-refractivity contribution in [3.05, 3.63) is 12.2 Å². The Labute approximate surface area is 88.2 Å². The van der Waals surface area contributed by atoms with E-state index < -0.39 is 5.60 Å². The van der Waals surface area contributed by atoms with E-state index in [0.29, 0.717) is 0 Å². The maximum Gasteiger partial charge on any atom is 0.0651 e. The Morgan fingerprint density at radius 3 is 2.64 bits per heavy atom. The van der Waals surface area contributed by atoms with Crippen molar-refractivity contribution < 1.29 is 5.11 Å². The summed E-state index contributed by atoms with van der Waals surface area (Å²) < 4.78 is 0. The first kappa shape index (κ1) is 11.8. The predicted molar refractivity (Wildman–Crippen MR) is 61.2 cm³/mol. The highest BCUT2D eigenvalue weighted by atomic mass is 16.3. The average molecular weight is 196 g/mol. The molecule has 0 heterocycles. The van der Waals surface area contributed by atoms with Crippen LogP contribution in [0, 0.1) is 11.8 Å². The van der Waals surface area contributed by atoms with Gasteiger partial charge in [-0.1, -0.05) is 38.8 Å². The van der Waals surface area contributed by atoms with Gasteiger partial charge in [0.05, 0.1) is 5.60 Å². The molecule has 0 spiro atoms. The highest BCUT2D eigenvalue weighted by Crippen LogP contribution is 2.32. The Kier molecular flexibility index (Phi) is 4.18. The van der Waals surface area contributed by atoms with Crippen LogP contribution in [-0.4, -0.2) is 10.7 Å². The van der Waals surface area contributed by atoms with E-state index in [1.807, 2.05) is 13.8 Å². The van der Waals surface area contributed by atoms with Crippen LogP contribution < -0.4 is 0 Å². The van der Waals surface area contributed by atoms with E-state index in [0.717, 1.165) is 24.7 Å². The Morgan fingerprint density at radius 2 is 2.14 bits per heavy atom. The number of hydrogen-bond acceptors (Lipinski definition) is 1. The van der Waals surface area contributed by atoms with Gasteiger partial charge in [-0.2, -0.15) is 0 Å². The first-order valence-corrected chi connectivity index (χ1v) is 5.94. The molecule has 1 saturated carbocycles. The molecule has 0 amide bonds. The van der Waals surface area contributed by atoms with Gasteiger partial charge in [-0.05, 0) is 38.0 Å². The topological polar surface area (TPSA) is 20.2 Å². The Balaban J connectivity index is 2.33. The standard InChI is InChI=1S/C13H24O/c1-4-13(3,14)10-6-9-12-8-5-7-11(12)2/h6,9,11-12,14H,4-5,7-8,10H2,1-3H3/b9-6+/t11-,12?,13?/m1/s1. The minimum Gasteiger partial charge on any atom is -0.390 e. The van der Waals surface area contributed by atoms with Crippen LogP contribution >= 0.6 is 0 Å². The molecule has 1 fully saturated rings. The van der Waals surface area contributed by atoms with Crippen LogP contribution in [0.5, 0.6) is 0 Å². The van der Waals surface area contributed by atoms with E-state index in [-0.39, 0.29) is 0 Å². The van der Waals surface area contributed by atoms with Crippen LogP contribution in [0.4, 0.5) is 0 Å². The number of rotatable bonds is 4. The van der Waals surface area contributed by atoms with Gasteiger partial charge < -0.3 is 5.11 Å². The molecule has 1 aliphatic rings.